The predicted molar refractivity (Wildman–Crippen MR) is 89.5 cm³/mol. The van der Waals surface area contributed by atoms with Crippen molar-refractivity contribution < 1.29 is 14.3 Å². The van der Waals surface area contributed by atoms with E-state index < -0.39 is 0 Å². The zero-order valence-corrected chi connectivity index (χ0v) is 13.9. The molecule has 6 heteroatoms. The molecule has 0 saturated carbocycles. The fourth-order valence-corrected chi connectivity index (χ4v) is 3.40. The zero-order chi connectivity index (χ0) is 16.8. The molecule has 2 aliphatic heterocycles. The van der Waals surface area contributed by atoms with Crippen molar-refractivity contribution in [1.82, 2.24) is 15.2 Å². The third kappa shape index (κ3) is 4.54. The summed E-state index contributed by atoms with van der Waals surface area (Å²) in [6, 6.07) is 3.74. The number of amides is 2. The Morgan fingerprint density at radius 3 is 2.62 bits per heavy atom. The largest absolute Gasteiger partial charge is 0.381 e. The quantitative estimate of drug-likeness (QED) is 0.910. The molecule has 2 saturated heterocycles. The first-order valence-electron chi connectivity index (χ1n) is 8.79. The van der Waals surface area contributed by atoms with Crippen LogP contribution in [0.4, 0.5) is 0 Å². The molecule has 3 rings (SSSR count). The number of rotatable bonds is 4. The van der Waals surface area contributed by atoms with Gasteiger partial charge < -0.3 is 15.0 Å². The summed E-state index contributed by atoms with van der Waals surface area (Å²) in [7, 11) is 0. The van der Waals surface area contributed by atoms with Gasteiger partial charge in [0, 0.05) is 51.2 Å². The van der Waals surface area contributed by atoms with E-state index >= 15 is 0 Å². The molecular formula is C18H25N3O3. The van der Waals surface area contributed by atoms with E-state index in [0.29, 0.717) is 31.0 Å². The molecule has 0 atom stereocenters. The number of aromatic nitrogens is 1. The highest BCUT2D eigenvalue weighted by Gasteiger charge is 2.25. The second-order valence-corrected chi connectivity index (χ2v) is 6.64. The van der Waals surface area contributed by atoms with Crippen molar-refractivity contribution in [2.75, 3.05) is 26.3 Å². The molecule has 1 aromatic heterocycles. The Morgan fingerprint density at radius 1 is 1.21 bits per heavy atom. The Bertz CT molecular complexity index is 550. The summed E-state index contributed by atoms with van der Waals surface area (Å²) in [4.78, 5) is 30.4. The lowest BCUT2D eigenvalue weighted by atomic mass is 9.95. The molecule has 130 valence electrons. The van der Waals surface area contributed by atoms with Crippen molar-refractivity contribution in [3.8, 4) is 0 Å². The number of pyridine rings is 1. The van der Waals surface area contributed by atoms with Crippen LogP contribution in [0.3, 0.4) is 0 Å². The summed E-state index contributed by atoms with van der Waals surface area (Å²) in [5.41, 5.74) is 0.625. The first-order chi connectivity index (χ1) is 11.7. The Balaban J connectivity index is 1.41. The lowest BCUT2D eigenvalue weighted by molar-refractivity contribution is -0.123. The second kappa shape index (κ2) is 8.24. The second-order valence-electron chi connectivity index (χ2n) is 6.64. The highest BCUT2D eigenvalue weighted by atomic mass is 16.5. The molecule has 0 unspecified atom stereocenters. The van der Waals surface area contributed by atoms with Gasteiger partial charge in [0.25, 0.3) is 5.91 Å². The molecule has 0 bridgehead atoms. The number of nitrogens with one attached hydrogen (secondary N) is 1. The standard InChI is InChI=1S/C18H25N3O3/c22-17(12-14-5-10-24-11-6-14)20-16-3-8-21(9-4-16)18(23)15-2-1-7-19-13-15/h1-2,7,13-14,16H,3-6,8-12H2,(H,20,22). The molecule has 3 heterocycles. The first kappa shape index (κ1) is 16.9. The van der Waals surface area contributed by atoms with E-state index in [9.17, 15) is 9.59 Å². The highest BCUT2D eigenvalue weighted by molar-refractivity contribution is 5.93. The van der Waals surface area contributed by atoms with Crippen molar-refractivity contribution in [2.45, 2.75) is 38.1 Å². The van der Waals surface area contributed by atoms with Crippen LogP contribution < -0.4 is 5.32 Å². The summed E-state index contributed by atoms with van der Waals surface area (Å²) in [6.07, 6.45) is 7.44. The summed E-state index contributed by atoms with van der Waals surface area (Å²) in [5, 5.41) is 3.14. The minimum Gasteiger partial charge on any atom is -0.381 e. The van der Waals surface area contributed by atoms with E-state index in [2.05, 4.69) is 10.3 Å². The molecule has 0 aliphatic carbocycles. The lowest BCUT2D eigenvalue weighted by Crippen LogP contribution is -2.46. The maximum atomic E-state index is 12.4. The number of hydrogen-bond acceptors (Lipinski definition) is 4. The fourth-order valence-electron chi connectivity index (χ4n) is 3.40. The Kier molecular flexibility index (Phi) is 5.80. The van der Waals surface area contributed by atoms with Gasteiger partial charge in [-0.3, -0.25) is 14.6 Å². The summed E-state index contributed by atoms with van der Waals surface area (Å²) >= 11 is 0. The van der Waals surface area contributed by atoms with Gasteiger partial charge in [-0.2, -0.15) is 0 Å². The minimum atomic E-state index is 0.0232. The molecular weight excluding hydrogens is 306 g/mol. The van der Waals surface area contributed by atoms with Crippen LogP contribution in [-0.2, 0) is 9.53 Å². The van der Waals surface area contributed by atoms with Crippen LogP contribution in [0, 0.1) is 5.92 Å². The zero-order valence-electron chi connectivity index (χ0n) is 13.9. The fraction of sp³-hybridized carbons (Fsp3) is 0.611. The number of likely N-dealkylation sites (tertiary alicyclic amines) is 1. The van der Waals surface area contributed by atoms with Gasteiger partial charge in [0.1, 0.15) is 0 Å². The van der Waals surface area contributed by atoms with Crippen molar-refractivity contribution in [2.24, 2.45) is 5.92 Å². The number of piperidine rings is 1. The van der Waals surface area contributed by atoms with Gasteiger partial charge in [0.2, 0.25) is 5.91 Å². The molecule has 2 fully saturated rings. The molecule has 1 aromatic rings. The highest BCUT2D eigenvalue weighted by Crippen LogP contribution is 2.19. The van der Waals surface area contributed by atoms with E-state index in [-0.39, 0.29) is 17.9 Å². The number of nitrogens with zero attached hydrogens (tertiary/aromatic N) is 2. The van der Waals surface area contributed by atoms with E-state index in [0.717, 1.165) is 38.9 Å². The summed E-state index contributed by atoms with van der Waals surface area (Å²) in [5.74, 6) is 0.611. The SMILES string of the molecule is O=C(CC1CCOCC1)NC1CCN(C(=O)c2cccnc2)CC1. The van der Waals surface area contributed by atoms with Crippen LogP contribution in [0.15, 0.2) is 24.5 Å². The van der Waals surface area contributed by atoms with Gasteiger partial charge in [0.05, 0.1) is 5.56 Å². The van der Waals surface area contributed by atoms with Crippen LogP contribution in [0.25, 0.3) is 0 Å². The van der Waals surface area contributed by atoms with Crippen LogP contribution in [0.5, 0.6) is 0 Å². The molecule has 2 amide bonds. The van der Waals surface area contributed by atoms with Crippen molar-refractivity contribution in [3.63, 3.8) is 0 Å². The number of hydrogen-bond donors (Lipinski definition) is 1. The monoisotopic (exact) mass is 331 g/mol. The van der Waals surface area contributed by atoms with Gasteiger partial charge in [0.15, 0.2) is 0 Å². The summed E-state index contributed by atoms with van der Waals surface area (Å²) < 4.78 is 5.33. The average molecular weight is 331 g/mol. The Hall–Kier alpha value is -1.95. The Morgan fingerprint density at radius 2 is 1.96 bits per heavy atom. The molecule has 6 nitrogen and oxygen atoms in total. The van der Waals surface area contributed by atoms with Crippen molar-refractivity contribution >= 4 is 11.8 Å². The predicted octanol–water partition coefficient (Wildman–Crippen LogP) is 1.62. The molecule has 24 heavy (non-hydrogen) atoms. The third-order valence-electron chi connectivity index (χ3n) is 4.87. The smallest absolute Gasteiger partial charge is 0.255 e. The first-order valence-corrected chi connectivity index (χ1v) is 8.79. The molecule has 0 radical (unpaired) electrons. The average Bonchev–Trinajstić information content (AvgIpc) is 2.63. The van der Waals surface area contributed by atoms with Crippen LogP contribution >= 0.6 is 0 Å². The molecule has 2 aliphatic rings. The number of carbonyl (C=O) groups excluding carboxylic acids is 2. The third-order valence-corrected chi connectivity index (χ3v) is 4.87. The maximum absolute atomic E-state index is 12.4. The topological polar surface area (TPSA) is 71.5 Å². The van der Waals surface area contributed by atoms with Crippen LogP contribution in [-0.4, -0.2) is 54.0 Å². The lowest BCUT2D eigenvalue weighted by Gasteiger charge is -2.32. The number of ether oxygens (including phenoxy) is 1. The number of carbonyl (C=O) groups is 2. The van der Waals surface area contributed by atoms with E-state index in [1.165, 1.54) is 0 Å². The molecule has 1 N–H and O–H groups in total. The maximum Gasteiger partial charge on any atom is 0.255 e. The van der Waals surface area contributed by atoms with Gasteiger partial charge in [-0.25, -0.2) is 0 Å². The molecule has 0 spiro atoms. The Labute approximate surface area is 142 Å². The molecule has 0 aromatic carbocycles. The van der Waals surface area contributed by atoms with Gasteiger partial charge in [-0.15, -0.1) is 0 Å². The summed E-state index contributed by atoms with van der Waals surface area (Å²) in [6.45, 7) is 2.89. The minimum absolute atomic E-state index is 0.0232. The van der Waals surface area contributed by atoms with Crippen LogP contribution in [0.2, 0.25) is 0 Å². The van der Waals surface area contributed by atoms with Crippen molar-refractivity contribution in [3.05, 3.63) is 30.1 Å². The van der Waals surface area contributed by atoms with E-state index in [1.54, 1.807) is 24.5 Å². The van der Waals surface area contributed by atoms with E-state index in [4.69, 9.17) is 4.74 Å². The van der Waals surface area contributed by atoms with Gasteiger partial charge >= 0.3 is 0 Å². The van der Waals surface area contributed by atoms with Crippen LogP contribution in [0.1, 0.15) is 42.5 Å². The van der Waals surface area contributed by atoms with E-state index in [1.807, 2.05) is 4.90 Å². The van der Waals surface area contributed by atoms with Gasteiger partial charge in [-0.1, -0.05) is 0 Å². The normalized spacial score (nSPS) is 19.9. The van der Waals surface area contributed by atoms with Crippen molar-refractivity contribution in [1.29, 1.82) is 0 Å². The van der Waals surface area contributed by atoms with Gasteiger partial charge in [-0.05, 0) is 43.7 Å².